The van der Waals surface area contributed by atoms with E-state index in [9.17, 15) is 14.4 Å². The maximum Gasteiger partial charge on any atom is 0.251 e. The van der Waals surface area contributed by atoms with Crippen molar-refractivity contribution in [2.45, 2.75) is 12.8 Å². The Bertz CT molecular complexity index is 663. The van der Waals surface area contributed by atoms with E-state index in [0.717, 1.165) is 26.2 Å². The molecule has 27 heavy (non-hydrogen) atoms. The fourth-order valence-electron chi connectivity index (χ4n) is 3.62. The number of benzene rings is 1. The minimum atomic E-state index is -0.246. The first-order chi connectivity index (χ1) is 13.0. The predicted octanol–water partition coefficient (Wildman–Crippen LogP) is 0.429. The first-order valence-electron chi connectivity index (χ1n) is 9.63. The largest absolute Gasteiger partial charge is 0.343 e. The average molecular weight is 372 g/mol. The van der Waals surface area contributed by atoms with Crippen LogP contribution in [0.3, 0.4) is 0 Å². The number of likely N-dealkylation sites (N-methyl/N-ethyl adjacent to an activating group) is 1. The fraction of sp³-hybridized carbons (Fsp3) is 0.550. The summed E-state index contributed by atoms with van der Waals surface area (Å²) in [5.74, 6) is -0.0993. The van der Waals surface area contributed by atoms with E-state index in [1.165, 1.54) is 0 Å². The van der Waals surface area contributed by atoms with Crippen molar-refractivity contribution in [3.05, 3.63) is 35.9 Å². The maximum absolute atomic E-state index is 12.7. The average Bonchev–Trinajstić information content (AvgIpc) is 2.72. The highest BCUT2D eigenvalue weighted by molar-refractivity contribution is 5.96. The van der Waals surface area contributed by atoms with Gasteiger partial charge in [0.2, 0.25) is 11.8 Å². The first-order valence-corrected chi connectivity index (χ1v) is 9.63. The Kier molecular flexibility index (Phi) is 6.45. The predicted molar refractivity (Wildman–Crippen MR) is 102 cm³/mol. The van der Waals surface area contributed by atoms with Gasteiger partial charge in [-0.1, -0.05) is 18.2 Å². The lowest BCUT2D eigenvalue weighted by Crippen LogP contribution is -2.51. The summed E-state index contributed by atoms with van der Waals surface area (Å²) in [6.45, 7) is 4.56. The summed E-state index contributed by atoms with van der Waals surface area (Å²) in [5.41, 5.74) is 0.543. The van der Waals surface area contributed by atoms with E-state index in [4.69, 9.17) is 0 Å². The molecule has 1 aromatic rings. The van der Waals surface area contributed by atoms with Crippen LogP contribution in [0.2, 0.25) is 0 Å². The van der Waals surface area contributed by atoms with Crippen LogP contribution in [-0.4, -0.2) is 85.3 Å². The van der Waals surface area contributed by atoms with Crippen LogP contribution in [0.5, 0.6) is 0 Å². The molecule has 7 heteroatoms. The summed E-state index contributed by atoms with van der Waals surface area (Å²) < 4.78 is 0. The summed E-state index contributed by atoms with van der Waals surface area (Å²) in [6.07, 6.45) is 1.40. The fourth-order valence-corrected chi connectivity index (χ4v) is 3.62. The molecule has 2 heterocycles. The molecule has 0 aromatic heterocycles. The maximum atomic E-state index is 12.7. The van der Waals surface area contributed by atoms with E-state index in [1.807, 2.05) is 11.0 Å². The third-order valence-electron chi connectivity index (χ3n) is 5.45. The molecule has 1 N–H and O–H groups in total. The summed E-state index contributed by atoms with van der Waals surface area (Å²) in [6, 6.07) is 8.86. The van der Waals surface area contributed by atoms with Gasteiger partial charge in [0.25, 0.3) is 5.91 Å². The van der Waals surface area contributed by atoms with Crippen molar-refractivity contribution in [3.8, 4) is 0 Å². The molecule has 2 aliphatic heterocycles. The SMILES string of the molecule is CN1CCN(C(=O)C2CCN(C(=O)CNC(=O)c3ccccc3)CC2)CC1. The number of piperidine rings is 1. The molecular formula is C20H28N4O3. The summed E-state index contributed by atoms with van der Waals surface area (Å²) in [7, 11) is 2.07. The second-order valence-electron chi connectivity index (χ2n) is 7.33. The van der Waals surface area contributed by atoms with Gasteiger partial charge in [-0.05, 0) is 32.0 Å². The molecule has 1 aromatic carbocycles. The highest BCUT2D eigenvalue weighted by Crippen LogP contribution is 2.20. The standard InChI is InChI=1S/C20H28N4O3/c1-22-11-13-24(14-12-22)20(27)17-7-9-23(10-8-17)18(25)15-21-19(26)16-5-3-2-4-6-16/h2-6,17H,7-15H2,1H3,(H,21,26). The van der Waals surface area contributed by atoms with Gasteiger partial charge < -0.3 is 20.0 Å². The monoisotopic (exact) mass is 372 g/mol. The highest BCUT2D eigenvalue weighted by Gasteiger charge is 2.31. The number of rotatable bonds is 4. The Morgan fingerprint density at radius 3 is 2.19 bits per heavy atom. The Hall–Kier alpha value is -2.41. The molecular weight excluding hydrogens is 344 g/mol. The van der Waals surface area contributed by atoms with Crippen molar-refractivity contribution in [1.29, 1.82) is 0 Å². The van der Waals surface area contributed by atoms with E-state index in [1.54, 1.807) is 29.2 Å². The minimum absolute atomic E-state index is 0.00913. The van der Waals surface area contributed by atoms with Gasteiger partial charge in [0.05, 0.1) is 6.54 Å². The van der Waals surface area contributed by atoms with E-state index < -0.39 is 0 Å². The van der Waals surface area contributed by atoms with Crippen molar-refractivity contribution in [2.75, 3.05) is 52.9 Å². The molecule has 2 aliphatic rings. The van der Waals surface area contributed by atoms with E-state index in [0.29, 0.717) is 31.5 Å². The molecule has 7 nitrogen and oxygen atoms in total. The smallest absolute Gasteiger partial charge is 0.251 e. The lowest BCUT2D eigenvalue weighted by atomic mass is 9.95. The van der Waals surface area contributed by atoms with Crippen molar-refractivity contribution in [2.24, 2.45) is 5.92 Å². The molecule has 0 atom stereocenters. The van der Waals surface area contributed by atoms with Gasteiger partial charge in [0.1, 0.15) is 0 Å². The second-order valence-corrected chi connectivity index (χ2v) is 7.33. The molecule has 2 fully saturated rings. The Balaban J connectivity index is 1.41. The number of likely N-dealkylation sites (tertiary alicyclic amines) is 1. The molecule has 0 aliphatic carbocycles. The summed E-state index contributed by atoms with van der Waals surface area (Å²) in [4.78, 5) is 43.0. The van der Waals surface area contributed by atoms with Crippen LogP contribution in [0.15, 0.2) is 30.3 Å². The quantitative estimate of drug-likeness (QED) is 0.832. The molecule has 0 spiro atoms. The first kappa shape index (κ1) is 19.4. The van der Waals surface area contributed by atoms with E-state index >= 15 is 0 Å². The van der Waals surface area contributed by atoms with Crippen LogP contribution >= 0.6 is 0 Å². The zero-order valence-corrected chi connectivity index (χ0v) is 15.9. The van der Waals surface area contributed by atoms with Crippen molar-refractivity contribution < 1.29 is 14.4 Å². The Morgan fingerprint density at radius 2 is 1.56 bits per heavy atom. The summed E-state index contributed by atoms with van der Waals surface area (Å²) in [5, 5.41) is 2.68. The molecule has 2 saturated heterocycles. The van der Waals surface area contributed by atoms with E-state index in [2.05, 4.69) is 17.3 Å². The Morgan fingerprint density at radius 1 is 0.926 bits per heavy atom. The lowest BCUT2D eigenvalue weighted by Gasteiger charge is -2.37. The molecule has 0 unspecified atom stereocenters. The molecule has 3 amide bonds. The number of nitrogens with one attached hydrogen (secondary N) is 1. The van der Waals surface area contributed by atoms with Gasteiger partial charge in [0.15, 0.2) is 0 Å². The number of hydrogen-bond donors (Lipinski definition) is 1. The highest BCUT2D eigenvalue weighted by atomic mass is 16.2. The molecule has 3 rings (SSSR count). The van der Waals surface area contributed by atoms with Gasteiger partial charge >= 0.3 is 0 Å². The Labute approximate surface area is 160 Å². The van der Waals surface area contributed by atoms with Crippen LogP contribution < -0.4 is 5.32 Å². The summed E-state index contributed by atoms with van der Waals surface area (Å²) >= 11 is 0. The topological polar surface area (TPSA) is 73.0 Å². The van der Waals surface area contributed by atoms with Crippen molar-refractivity contribution in [1.82, 2.24) is 20.0 Å². The number of carbonyl (C=O) groups is 3. The number of piperazine rings is 1. The van der Waals surface area contributed by atoms with Gasteiger partial charge in [-0.3, -0.25) is 14.4 Å². The molecule has 0 bridgehead atoms. The van der Waals surface area contributed by atoms with E-state index in [-0.39, 0.29) is 30.2 Å². The molecule has 146 valence electrons. The normalized spacial score (nSPS) is 19.0. The van der Waals surface area contributed by atoms with Crippen LogP contribution in [0.25, 0.3) is 0 Å². The number of amides is 3. The van der Waals surface area contributed by atoms with Gasteiger partial charge in [-0.2, -0.15) is 0 Å². The van der Waals surface area contributed by atoms with Crippen LogP contribution in [-0.2, 0) is 9.59 Å². The number of nitrogens with zero attached hydrogens (tertiary/aromatic N) is 3. The van der Waals surface area contributed by atoms with Gasteiger partial charge in [-0.25, -0.2) is 0 Å². The third-order valence-corrected chi connectivity index (χ3v) is 5.45. The van der Waals surface area contributed by atoms with Gasteiger partial charge in [0, 0.05) is 50.7 Å². The number of carbonyl (C=O) groups excluding carboxylic acids is 3. The van der Waals surface area contributed by atoms with Crippen LogP contribution in [0.4, 0.5) is 0 Å². The molecule has 0 radical (unpaired) electrons. The van der Waals surface area contributed by atoms with Crippen LogP contribution in [0, 0.1) is 5.92 Å². The second kappa shape index (κ2) is 8.99. The van der Waals surface area contributed by atoms with Crippen molar-refractivity contribution >= 4 is 17.7 Å². The lowest BCUT2D eigenvalue weighted by molar-refractivity contribution is -0.141. The minimum Gasteiger partial charge on any atom is -0.343 e. The van der Waals surface area contributed by atoms with Gasteiger partial charge in [-0.15, -0.1) is 0 Å². The van der Waals surface area contributed by atoms with Crippen LogP contribution in [0.1, 0.15) is 23.2 Å². The number of hydrogen-bond acceptors (Lipinski definition) is 4. The van der Waals surface area contributed by atoms with Crippen molar-refractivity contribution in [3.63, 3.8) is 0 Å². The third kappa shape index (κ3) is 5.07. The zero-order valence-electron chi connectivity index (χ0n) is 15.9. The zero-order chi connectivity index (χ0) is 19.2. The molecule has 0 saturated carbocycles.